The number of methoxy groups -OCH3 is 1. The molecule has 0 heterocycles. The molecule has 0 saturated carbocycles. The van der Waals surface area contributed by atoms with Gasteiger partial charge in [-0.05, 0) is 59.8 Å². The zero-order valence-corrected chi connectivity index (χ0v) is 39.4. The molecule has 340 valence electrons. The Labute approximate surface area is 355 Å². The number of esters is 1. The molecule has 0 aliphatic rings. The maximum absolute atomic E-state index is 12.9. The highest BCUT2D eigenvalue weighted by atomic mass is 16.6. The van der Waals surface area contributed by atoms with E-state index in [1.54, 1.807) is 7.11 Å². The first-order valence-corrected chi connectivity index (χ1v) is 24.8. The predicted octanol–water partition coefficient (Wildman–Crippen LogP) is 15.5. The Morgan fingerprint density at radius 2 is 0.895 bits per heavy atom. The van der Waals surface area contributed by atoms with Crippen molar-refractivity contribution in [1.82, 2.24) is 5.32 Å². The molecule has 57 heavy (non-hydrogen) atoms. The number of unbranched alkanes of at least 4 members (excludes halogenated alkanes) is 29. The van der Waals surface area contributed by atoms with Crippen LogP contribution in [0, 0.1) is 0 Å². The largest absolute Gasteiger partial charge is 0.459 e. The van der Waals surface area contributed by atoms with E-state index >= 15 is 0 Å². The molecule has 0 rings (SSSR count). The van der Waals surface area contributed by atoms with Gasteiger partial charge in [0.15, 0.2) is 0 Å². The summed E-state index contributed by atoms with van der Waals surface area (Å²) < 4.78 is 23.1. The Balaban J connectivity index is 4.38. The van der Waals surface area contributed by atoms with Crippen LogP contribution < -0.4 is 5.32 Å². The third-order valence-corrected chi connectivity index (χ3v) is 11.8. The van der Waals surface area contributed by atoms with Gasteiger partial charge >= 0.3 is 12.1 Å². The third-order valence-electron chi connectivity index (χ3n) is 11.8. The summed E-state index contributed by atoms with van der Waals surface area (Å²) in [5, 5.41) is 2.87. The lowest BCUT2D eigenvalue weighted by atomic mass is 10.0. The first kappa shape index (κ1) is 55.7. The molecule has 1 amide bonds. The maximum Gasteiger partial charge on any atom is 0.407 e. The van der Waals surface area contributed by atoms with Gasteiger partial charge in [-0.25, -0.2) is 4.79 Å². The van der Waals surface area contributed by atoms with E-state index in [-0.39, 0.29) is 23.8 Å². The van der Waals surface area contributed by atoms with Crippen molar-refractivity contribution in [2.45, 2.75) is 284 Å². The molecule has 0 radical (unpaired) electrons. The summed E-state index contributed by atoms with van der Waals surface area (Å²) in [6.07, 6.45) is 42.5. The lowest BCUT2D eigenvalue weighted by Crippen LogP contribution is -2.35. The lowest BCUT2D eigenvalue weighted by Gasteiger charge is -2.29. The molecule has 0 bridgehead atoms. The van der Waals surface area contributed by atoms with Crippen molar-refractivity contribution in [3.63, 3.8) is 0 Å². The van der Waals surface area contributed by atoms with Gasteiger partial charge in [0.2, 0.25) is 0 Å². The summed E-state index contributed by atoms with van der Waals surface area (Å²) in [4.78, 5) is 25.5. The fourth-order valence-electron chi connectivity index (χ4n) is 7.41. The Bertz CT molecular complexity index is 877. The molecule has 0 aliphatic heterocycles. The summed E-state index contributed by atoms with van der Waals surface area (Å²) in [6.45, 7) is 13.9. The van der Waals surface area contributed by atoms with E-state index < -0.39 is 12.2 Å². The minimum Gasteiger partial charge on any atom is -0.459 e. The fraction of sp³-hybridized carbons (Fsp3) is 0.960. The van der Waals surface area contributed by atoms with Gasteiger partial charge < -0.3 is 24.3 Å². The van der Waals surface area contributed by atoms with E-state index in [2.05, 4.69) is 19.2 Å². The normalized spacial score (nSPS) is 12.5. The molecule has 7 nitrogen and oxygen atoms in total. The molecule has 0 fully saturated rings. The minimum atomic E-state index is -0.471. The van der Waals surface area contributed by atoms with Gasteiger partial charge in [0.05, 0.1) is 17.8 Å². The smallest absolute Gasteiger partial charge is 0.407 e. The van der Waals surface area contributed by atoms with Gasteiger partial charge in [-0.1, -0.05) is 200 Å². The second-order valence-corrected chi connectivity index (χ2v) is 18.5. The number of carbonyl (C=O) groups is 2. The summed E-state index contributed by atoms with van der Waals surface area (Å²) in [5.74, 6) is -0.161. The molecule has 0 aliphatic carbocycles. The molecular formula is C50H99NO6. The van der Waals surface area contributed by atoms with E-state index in [1.165, 1.54) is 173 Å². The Kier molecular flexibility index (Phi) is 39.1. The second kappa shape index (κ2) is 40.1. The molecular weight excluding hydrogens is 711 g/mol. The molecule has 0 spiro atoms. The Morgan fingerprint density at radius 1 is 0.509 bits per heavy atom. The molecule has 0 aromatic rings. The van der Waals surface area contributed by atoms with Crippen molar-refractivity contribution >= 4 is 12.1 Å². The number of ether oxygens (including phenoxy) is 4. The van der Waals surface area contributed by atoms with Crippen LogP contribution in [0.25, 0.3) is 0 Å². The third kappa shape index (κ3) is 41.2. The number of hydrogen-bond acceptors (Lipinski definition) is 6. The number of rotatable bonds is 44. The molecule has 1 unspecified atom stereocenters. The van der Waals surface area contributed by atoms with Crippen molar-refractivity contribution in [2.75, 3.05) is 26.9 Å². The molecule has 7 heteroatoms. The average Bonchev–Trinajstić information content (AvgIpc) is 3.17. The number of alkyl carbamates (subject to hydrolysis) is 1. The van der Waals surface area contributed by atoms with E-state index in [9.17, 15) is 9.59 Å². The van der Waals surface area contributed by atoms with Crippen LogP contribution in [0.3, 0.4) is 0 Å². The molecule has 1 atom stereocenters. The average molecular weight is 810 g/mol. The first-order chi connectivity index (χ1) is 27.5. The summed E-state index contributed by atoms with van der Waals surface area (Å²) in [7, 11) is 1.72. The fourth-order valence-corrected chi connectivity index (χ4v) is 7.41. The predicted molar refractivity (Wildman–Crippen MR) is 243 cm³/mol. The maximum atomic E-state index is 12.9. The lowest BCUT2D eigenvalue weighted by molar-refractivity contribution is -0.151. The zero-order valence-electron chi connectivity index (χ0n) is 39.4. The van der Waals surface area contributed by atoms with E-state index in [0.717, 1.165) is 38.5 Å². The van der Waals surface area contributed by atoms with Crippen molar-refractivity contribution in [2.24, 2.45) is 0 Å². The Hall–Kier alpha value is -1.34. The van der Waals surface area contributed by atoms with Crippen molar-refractivity contribution in [3.8, 4) is 0 Å². The van der Waals surface area contributed by atoms with Crippen molar-refractivity contribution in [3.05, 3.63) is 0 Å². The van der Waals surface area contributed by atoms with Gasteiger partial charge in [0.25, 0.3) is 0 Å². The summed E-state index contributed by atoms with van der Waals surface area (Å²) in [5.41, 5.74) is -0.606. The minimum absolute atomic E-state index is 0.0984. The van der Waals surface area contributed by atoms with Crippen LogP contribution in [-0.4, -0.2) is 56.2 Å². The highest BCUT2D eigenvalue weighted by Gasteiger charge is 2.23. The quantitative estimate of drug-likeness (QED) is 0.0487. The van der Waals surface area contributed by atoms with Gasteiger partial charge in [-0.2, -0.15) is 0 Å². The van der Waals surface area contributed by atoms with Crippen LogP contribution in [0.5, 0.6) is 0 Å². The van der Waals surface area contributed by atoms with Crippen LogP contribution in [0.1, 0.15) is 266 Å². The van der Waals surface area contributed by atoms with Gasteiger partial charge in [0.1, 0.15) is 12.7 Å². The topological polar surface area (TPSA) is 83.1 Å². The number of nitrogens with one attached hydrogen (secondary N) is 1. The highest BCUT2D eigenvalue weighted by molar-refractivity contribution is 5.69. The molecule has 0 saturated heterocycles. The van der Waals surface area contributed by atoms with Crippen molar-refractivity contribution in [1.29, 1.82) is 0 Å². The molecule has 0 aromatic carbocycles. The molecule has 1 N–H and O–H groups in total. The van der Waals surface area contributed by atoms with Crippen LogP contribution in [0.4, 0.5) is 4.79 Å². The molecule has 0 aromatic heterocycles. The number of hydrogen-bond donors (Lipinski definition) is 1. The number of carbonyl (C=O) groups excluding carboxylic acids is 2. The van der Waals surface area contributed by atoms with Crippen LogP contribution in [0.2, 0.25) is 0 Å². The summed E-state index contributed by atoms with van der Waals surface area (Å²) in [6, 6.07) is 0. The van der Waals surface area contributed by atoms with Crippen LogP contribution >= 0.6 is 0 Å². The van der Waals surface area contributed by atoms with E-state index in [4.69, 9.17) is 18.9 Å². The van der Waals surface area contributed by atoms with Gasteiger partial charge in [-0.3, -0.25) is 4.79 Å². The summed E-state index contributed by atoms with van der Waals surface area (Å²) >= 11 is 0. The Morgan fingerprint density at radius 3 is 1.30 bits per heavy atom. The van der Waals surface area contributed by atoms with E-state index in [0.29, 0.717) is 26.0 Å². The van der Waals surface area contributed by atoms with Crippen LogP contribution in [0.15, 0.2) is 0 Å². The van der Waals surface area contributed by atoms with Crippen molar-refractivity contribution < 1.29 is 28.5 Å². The van der Waals surface area contributed by atoms with E-state index in [1.807, 2.05) is 27.7 Å². The van der Waals surface area contributed by atoms with Crippen LogP contribution in [-0.2, 0) is 23.7 Å². The standard InChI is InChI=1S/C50H99NO6/c1-8-10-12-14-16-18-20-22-24-26-27-29-31-33-35-37-39-46(45-55-48(53)51-43-41-50(5,6)56-44-42-49(3,4)54-7)57-47(52)40-38-36-34-32-30-28-25-23-21-19-17-15-13-11-9-2/h46H,8-45H2,1-7H3,(H,51,53). The SMILES string of the molecule is CCCCCCCCCCCCCCCCCCC(COC(=O)NCCC(C)(C)OCCC(C)(C)OC)OC(=O)CCCCCCCCCCCCCCCCC. The monoisotopic (exact) mass is 810 g/mol. The van der Waals surface area contributed by atoms with Gasteiger partial charge in [0, 0.05) is 20.1 Å². The first-order valence-electron chi connectivity index (χ1n) is 24.8. The van der Waals surface area contributed by atoms with Gasteiger partial charge in [-0.15, -0.1) is 0 Å². The highest BCUT2D eigenvalue weighted by Crippen LogP contribution is 2.20. The zero-order chi connectivity index (χ0) is 42.1. The number of amides is 1. The second-order valence-electron chi connectivity index (χ2n) is 18.5.